The van der Waals surface area contributed by atoms with E-state index >= 15 is 0 Å². The first-order chi connectivity index (χ1) is 9.61. The highest BCUT2D eigenvalue weighted by molar-refractivity contribution is 14.1. The summed E-state index contributed by atoms with van der Waals surface area (Å²) in [5.41, 5.74) is 1.20. The minimum Gasteiger partial charge on any atom is -0.321 e. The number of hydrogen-bond donors (Lipinski definition) is 1. The van der Waals surface area contributed by atoms with Crippen molar-refractivity contribution in [2.75, 3.05) is 5.32 Å². The molecule has 0 aliphatic carbocycles. The van der Waals surface area contributed by atoms with Crippen molar-refractivity contribution in [1.82, 2.24) is 4.57 Å². The van der Waals surface area contributed by atoms with Crippen LogP contribution in [0.5, 0.6) is 0 Å². The molecule has 0 bridgehead atoms. The number of carbonyl (C=O) groups is 1. The van der Waals surface area contributed by atoms with E-state index in [1.165, 1.54) is 6.07 Å². The van der Waals surface area contributed by atoms with Gasteiger partial charge in [0.1, 0.15) is 0 Å². The molecule has 0 saturated carbocycles. The lowest BCUT2D eigenvalue weighted by Gasteiger charge is -2.09. The van der Waals surface area contributed by atoms with Crippen molar-refractivity contribution in [3.8, 4) is 0 Å². The average Bonchev–Trinajstić information content (AvgIpc) is 2.43. The first-order valence-electron chi connectivity index (χ1n) is 6.38. The van der Waals surface area contributed by atoms with Crippen LogP contribution in [0.3, 0.4) is 0 Å². The van der Waals surface area contributed by atoms with Crippen LogP contribution >= 0.6 is 22.6 Å². The number of anilines is 1. The maximum atomic E-state index is 12.2. The van der Waals surface area contributed by atoms with E-state index in [4.69, 9.17) is 0 Å². The lowest BCUT2D eigenvalue weighted by molar-refractivity contribution is 0.102. The van der Waals surface area contributed by atoms with E-state index in [0.29, 0.717) is 17.8 Å². The molecule has 5 heteroatoms. The smallest absolute Gasteiger partial charge is 0.256 e. The van der Waals surface area contributed by atoms with Gasteiger partial charge in [-0.15, -0.1) is 0 Å². The number of carbonyl (C=O) groups excluding carboxylic acids is 1. The van der Waals surface area contributed by atoms with E-state index in [2.05, 4.69) is 27.9 Å². The summed E-state index contributed by atoms with van der Waals surface area (Å²) in [5.74, 6) is -0.170. The molecule has 0 unspecified atom stereocenters. The van der Waals surface area contributed by atoms with Gasteiger partial charge >= 0.3 is 0 Å². The van der Waals surface area contributed by atoms with Crippen molar-refractivity contribution in [3.63, 3.8) is 0 Å². The second kappa shape index (κ2) is 6.69. The van der Waals surface area contributed by atoms with Crippen LogP contribution in [-0.2, 0) is 6.54 Å². The third kappa shape index (κ3) is 3.47. The highest BCUT2D eigenvalue weighted by atomic mass is 127. The Kier molecular flexibility index (Phi) is 4.94. The number of benzene rings is 1. The van der Waals surface area contributed by atoms with E-state index in [1.54, 1.807) is 22.9 Å². The van der Waals surface area contributed by atoms with Crippen molar-refractivity contribution in [2.24, 2.45) is 0 Å². The van der Waals surface area contributed by atoms with Crippen LogP contribution in [0.15, 0.2) is 47.4 Å². The van der Waals surface area contributed by atoms with Gasteiger partial charge in [-0.05, 0) is 47.2 Å². The Balaban J connectivity index is 2.22. The number of hydrogen-bond acceptors (Lipinski definition) is 2. The molecular formula is C15H15IN2O2. The molecule has 1 aromatic heterocycles. The summed E-state index contributed by atoms with van der Waals surface area (Å²) in [7, 11) is 0. The van der Waals surface area contributed by atoms with Gasteiger partial charge in [0.15, 0.2) is 0 Å². The summed E-state index contributed by atoms with van der Waals surface area (Å²) in [6.45, 7) is 2.65. The van der Waals surface area contributed by atoms with Gasteiger partial charge in [-0.25, -0.2) is 0 Å². The van der Waals surface area contributed by atoms with Crippen LogP contribution < -0.4 is 10.9 Å². The Labute approximate surface area is 131 Å². The highest BCUT2D eigenvalue weighted by Gasteiger charge is 2.09. The Morgan fingerprint density at radius 1 is 1.25 bits per heavy atom. The number of nitrogens with zero attached hydrogens (tertiary/aromatic N) is 1. The summed E-state index contributed by atoms with van der Waals surface area (Å²) >= 11 is 2.13. The van der Waals surface area contributed by atoms with Gasteiger partial charge in [-0.3, -0.25) is 9.59 Å². The molecule has 104 valence electrons. The summed E-state index contributed by atoms with van der Waals surface area (Å²) < 4.78 is 2.50. The SMILES string of the molecule is CCCn1cc(NC(=O)c2ccccc2I)ccc1=O. The molecule has 2 aromatic rings. The van der Waals surface area contributed by atoms with E-state index < -0.39 is 0 Å². The van der Waals surface area contributed by atoms with Gasteiger partial charge in [0.25, 0.3) is 11.5 Å². The molecule has 0 radical (unpaired) electrons. The lowest BCUT2D eigenvalue weighted by Crippen LogP contribution is -2.20. The number of aromatic nitrogens is 1. The van der Waals surface area contributed by atoms with Gasteiger partial charge in [0, 0.05) is 22.4 Å². The number of nitrogens with one attached hydrogen (secondary N) is 1. The van der Waals surface area contributed by atoms with E-state index in [1.807, 2.05) is 25.1 Å². The number of rotatable bonds is 4. The molecule has 2 rings (SSSR count). The predicted octanol–water partition coefficient (Wildman–Crippen LogP) is 3.12. The second-order valence-corrected chi connectivity index (χ2v) is 5.55. The molecule has 0 atom stereocenters. The molecule has 1 N–H and O–H groups in total. The maximum Gasteiger partial charge on any atom is 0.256 e. The quantitative estimate of drug-likeness (QED) is 0.827. The molecule has 0 saturated heterocycles. The number of pyridine rings is 1. The average molecular weight is 382 g/mol. The van der Waals surface area contributed by atoms with Crippen molar-refractivity contribution < 1.29 is 4.79 Å². The van der Waals surface area contributed by atoms with Crippen LogP contribution in [0, 0.1) is 3.57 Å². The molecule has 0 spiro atoms. The minimum absolute atomic E-state index is 0.0564. The molecule has 1 heterocycles. The van der Waals surface area contributed by atoms with Crippen LogP contribution in [0.4, 0.5) is 5.69 Å². The lowest BCUT2D eigenvalue weighted by atomic mass is 10.2. The first kappa shape index (κ1) is 14.8. The third-order valence-electron chi connectivity index (χ3n) is 2.82. The Hall–Kier alpha value is -1.63. The van der Waals surface area contributed by atoms with E-state index in [9.17, 15) is 9.59 Å². The van der Waals surface area contributed by atoms with Crippen LogP contribution in [-0.4, -0.2) is 10.5 Å². The van der Waals surface area contributed by atoms with Crippen molar-refractivity contribution in [2.45, 2.75) is 19.9 Å². The third-order valence-corrected chi connectivity index (χ3v) is 3.77. The molecule has 1 amide bonds. The summed E-state index contributed by atoms with van der Waals surface area (Å²) in [5, 5.41) is 2.82. The van der Waals surface area contributed by atoms with Crippen LogP contribution in [0.25, 0.3) is 0 Å². The summed E-state index contributed by atoms with van der Waals surface area (Å²) in [6, 6.07) is 10.5. The zero-order chi connectivity index (χ0) is 14.5. The molecular weight excluding hydrogens is 367 g/mol. The van der Waals surface area contributed by atoms with Gasteiger partial charge in [0.2, 0.25) is 0 Å². The normalized spacial score (nSPS) is 10.3. The Morgan fingerprint density at radius 2 is 2.00 bits per heavy atom. The molecule has 0 aliphatic heterocycles. The molecule has 1 aromatic carbocycles. The molecule has 0 aliphatic rings. The zero-order valence-corrected chi connectivity index (χ0v) is 13.3. The fourth-order valence-electron chi connectivity index (χ4n) is 1.86. The fourth-order valence-corrected chi connectivity index (χ4v) is 2.50. The standard InChI is InChI=1S/C15H15IN2O2/c1-2-9-18-10-11(7-8-14(18)19)17-15(20)12-5-3-4-6-13(12)16/h3-8,10H,2,9H2,1H3,(H,17,20). The van der Waals surface area contributed by atoms with E-state index in [0.717, 1.165) is 9.99 Å². The summed E-state index contributed by atoms with van der Waals surface area (Å²) in [4.78, 5) is 23.8. The zero-order valence-electron chi connectivity index (χ0n) is 11.1. The van der Waals surface area contributed by atoms with Crippen LogP contribution in [0.2, 0.25) is 0 Å². The van der Waals surface area contributed by atoms with Gasteiger partial charge in [-0.1, -0.05) is 19.1 Å². The molecule has 20 heavy (non-hydrogen) atoms. The number of halogens is 1. The van der Waals surface area contributed by atoms with Crippen LogP contribution in [0.1, 0.15) is 23.7 Å². The van der Waals surface area contributed by atoms with Gasteiger partial charge in [-0.2, -0.15) is 0 Å². The number of amides is 1. The second-order valence-electron chi connectivity index (χ2n) is 4.38. The first-order valence-corrected chi connectivity index (χ1v) is 7.46. The van der Waals surface area contributed by atoms with Crippen molar-refractivity contribution in [1.29, 1.82) is 0 Å². The summed E-state index contributed by atoms with van der Waals surface area (Å²) in [6.07, 6.45) is 2.55. The highest BCUT2D eigenvalue weighted by Crippen LogP contribution is 2.14. The van der Waals surface area contributed by atoms with Crippen molar-refractivity contribution >= 4 is 34.2 Å². The number of aryl methyl sites for hydroxylation is 1. The Bertz CT molecular complexity index is 680. The fraction of sp³-hybridized carbons (Fsp3) is 0.200. The maximum absolute atomic E-state index is 12.2. The molecule has 0 fully saturated rings. The monoisotopic (exact) mass is 382 g/mol. The van der Waals surface area contributed by atoms with Crippen molar-refractivity contribution in [3.05, 3.63) is 62.1 Å². The predicted molar refractivity (Wildman–Crippen MR) is 88.1 cm³/mol. The Morgan fingerprint density at radius 3 is 2.70 bits per heavy atom. The van der Waals surface area contributed by atoms with Gasteiger partial charge in [0.05, 0.1) is 11.3 Å². The minimum atomic E-state index is -0.170. The van der Waals surface area contributed by atoms with Gasteiger partial charge < -0.3 is 9.88 Å². The topological polar surface area (TPSA) is 51.1 Å². The molecule has 4 nitrogen and oxygen atoms in total. The van der Waals surface area contributed by atoms with E-state index in [-0.39, 0.29) is 11.5 Å². The largest absolute Gasteiger partial charge is 0.321 e.